The largest absolute Gasteiger partial charge is 0.321 e. The van der Waals surface area contributed by atoms with Crippen LogP contribution >= 0.6 is 0 Å². The minimum atomic E-state index is -0.524. The second-order valence-electron chi connectivity index (χ2n) is 3.42. The van der Waals surface area contributed by atoms with E-state index in [0.717, 1.165) is 5.56 Å². The van der Waals surface area contributed by atoms with Gasteiger partial charge < -0.3 is 5.73 Å². The van der Waals surface area contributed by atoms with E-state index in [4.69, 9.17) is 5.73 Å². The molecule has 13 heavy (non-hydrogen) atoms. The summed E-state index contributed by atoms with van der Waals surface area (Å²) >= 11 is 0. The van der Waals surface area contributed by atoms with Crippen LogP contribution in [0.4, 0.5) is 4.39 Å². The fourth-order valence-electron chi connectivity index (χ4n) is 1.26. The lowest BCUT2D eigenvalue weighted by Crippen LogP contribution is -2.32. The molecule has 0 unspecified atom stereocenters. The molecule has 1 rings (SSSR count). The van der Waals surface area contributed by atoms with Crippen LogP contribution in [0.2, 0.25) is 0 Å². The molecule has 0 fully saturated rings. The van der Waals surface area contributed by atoms with Crippen LogP contribution in [-0.2, 0) is 5.54 Å². The summed E-state index contributed by atoms with van der Waals surface area (Å²) in [6, 6.07) is 6.36. The molecule has 0 spiro atoms. The molecule has 0 aromatic heterocycles. The molecule has 0 bridgehead atoms. The van der Waals surface area contributed by atoms with Crippen molar-refractivity contribution in [2.24, 2.45) is 5.73 Å². The molecule has 2 N–H and O–H groups in total. The van der Waals surface area contributed by atoms with Gasteiger partial charge in [0, 0.05) is 5.54 Å². The highest BCUT2D eigenvalue weighted by Gasteiger charge is 2.19. The lowest BCUT2D eigenvalue weighted by atomic mass is 9.90. The third-order valence-corrected chi connectivity index (χ3v) is 2.05. The first-order valence-electron chi connectivity index (χ1n) is 4.22. The third-order valence-electron chi connectivity index (χ3n) is 2.05. The van der Waals surface area contributed by atoms with E-state index in [1.165, 1.54) is 12.1 Å². The van der Waals surface area contributed by atoms with E-state index in [1.807, 2.05) is 13.0 Å². The summed E-state index contributed by atoms with van der Waals surface area (Å²) in [5.41, 5.74) is 6.25. The van der Waals surface area contributed by atoms with Crippen molar-refractivity contribution in [3.8, 4) is 0 Å². The average Bonchev–Trinajstić information content (AvgIpc) is 2.04. The van der Waals surface area contributed by atoms with Gasteiger partial charge in [-0.1, -0.05) is 18.2 Å². The predicted molar refractivity (Wildman–Crippen MR) is 52.8 cm³/mol. The SMILES string of the molecule is C=CC[C@@](C)(N)c1cccc(F)c1. The van der Waals surface area contributed by atoms with Crippen LogP contribution in [0, 0.1) is 5.82 Å². The first-order chi connectivity index (χ1) is 6.06. The van der Waals surface area contributed by atoms with E-state index in [1.54, 1.807) is 12.1 Å². The van der Waals surface area contributed by atoms with E-state index < -0.39 is 5.54 Å². The normalized spacial score (nSPS) is 15.0. The zero-order valence-corrected chi connectivity index (χ0v) is 7.76. The number of benzene rings is 1. The second kappa shape index (κ2) is 3.71. The van der Waals surface area contributed by atoms with Gasteiger partial charge in [0.25, 0.3) is 0 Å². The molecule has 0 saturated heterocycles. The standard InChI is InChI=1S/C11H14FN/c1-3-7-11(2,13)9-5-4-6-10(12)8-9/h3-6,8H,1,7,13H2,2H3/t11-/m1/s1. The third kappa shape index (κ3) is 2.39. The van der Waals surface area contributed by atoms with Crippen LogP contribution in [-0.4, -0.2) is 0 Å². The zero-order chi connectivity index (χ0) is 9.90. The molecular formula is C11H14FN. The summed E-state index contributed by atoms with van der Waals surface area (Å²) in [7, 11) is 0. The molecule has 0 saturated carbocycles. The van der Waals surface area contributed by atoms with Gasteiger partial charge in [0.05, 0.1) is 0 Å². The summed E-state index contributed by atoms with van der Waals surface area (Å²) < 4.78 is 12.9. The number of hydrogen-bond donors (Lipinski definition) is 1. The van der Waals surface area contributed by atoms with Crippen LogP contribution in [0.1, 0.15) is 18.9 Å². The van der Waals surface area contributed by atoms with Gasteiger partial charge in [-0.3, -0.25) is 0 Å². The summed E-state index contributed by atoms with van der Waals surface area (Å²) in [5, 5.41) is 0. The highest BCUT2D eigenvalue weighted by Crippen LogP contribution is 2.22. The van der Waals surface area contributed by atoms with E-state index in [9.17, 15) is 4.39 Å². The minimum Gasteiger partial charge on any atom is -0.321 e. The van der Waals surface area contributed by atoms with Gasteiger partial charge in [-0.05, 0) is 31.0 Å². The Balaban J connectivity index is 2.99. The fraction of sp³-hybridized carbons (Fsp3) is 0.273. The lowest BCUT2D eigenvalue weighted by Gasteiger charge is -2.23. The van der Waals surface area contributed by atoms with Gasteiger partial charge >= 0.3 is 0 Å². The van der Waals surface area contributed by atoms with Gasteiger partial charge in [0.1, 0.15) is 5.82 Å². The highest BCUT2D eigenvalue weighted by molar-refractivity contribution is 5.24. The van der Waals surface area contributed by atoms with Gasteiger partial charge in [-0.25, -0.2) is 4.39 Å². The Labute approximate surface area is 78.1 Å². The molecule has 0 aliphatic rings. The number of halogens is 1. The van der Waals surface area contributed by atoms with Gasteiger partial charge in [0.15, 0.2) is 0 Å². The summed E-state index contributed by atoms with van der Waals surface area (Å²) in [6.07, 6.45) is 2.38. The molecule has 1 aromatic carbocycles. The Morgan fingerprint density at radius 3 is 2.85 bits per heavy atom. The smallest absolute Gasteiger partial charge is 0.123 e. The summed E-state index contributed by atoms with van der Waals surface area (Å²) in [4.78, 5) is 0. The molecular weight excluding hydrogens is 165 g/mol. The Bertz CT molecular complexity index is 305. The molecule has 0 heterocycles. The van der Waals surface area contributed by atoms with Crippen molar-refractivity contribution in [2.75, 3.05) is 0 Å². The van der Waals surface area contributed by atoms with Crippen molar-refractivity contribution in [1.29, 1.82) is 0 Å². The lowest BCUT2D eigenvalue weighted by molar-refractivity contribution is 0.497. The van der Waals surface area contributed by atoms with Crippen molar-refractivity contribution in [2.45, 2.75) is 18.9 Å². The maximum Gasteiger partial charge on any atom is 0.123 e. The van der Waals surface area contributed by atoms with Crippen LogP contribution < -0.4 is 5.73 Å². The van der Waals surface area contributed by atoms with E-state index in [2.05, 4.69) is 6.58 Å². The molecule has 1 nitrogen and oxygen atoms in total. The Morgan fingerprint density at radius 1 is 1.62 bits per heavy atom. The topological polar surface area (TPSA) is 26.0 Å². The van der Waals surface area contributed by atoms with Crippen LogP contribution in [0.15, 0.2) is 36.9 Å². The van der Waals surface area contributed by atoms with Crippen molar-refractivity contribution in [3.63, 3.8) is 0 Å². The minimum absolute atomic E-state index is 0.252. The Morgan fingerprint density at radius 2 is 2.31 bits per heavy atom. The van der Waals surface area contributed by atoms with Crippen LogP contribution in [0.3, 0.4) is 0 Å². The summed E-state index contributed by atoms with van der Waals surface area (Å²) in [5.74, 6) is -0.252. The highest BCUT2D eigenvalue weighted by atomic mass is 19.1. The predicted octanol–water partition coefficient (Wildman–Crippen LogP) is 2.58. The molecule has 0 amide bonds. The first kappa shape index (κ1) is 9.93. The molecule has 0 radical (unpaired) electrons. The zero-order valence-electron chi connectivity index (χ0n) is 7.76. The van der Waals surface area contributed by atoms with Crippen LogP contribution in [0.5, 0.6) is 0 Å². The average molecular weight is 179 g/mol. The molecule has 0 aliphatic carbocycles. The quantitative estimate of drug-likeness (QED) is 0.709. The number of rotatable bonds is 3. The summed E-state index contributed by atoms with van der Waals surface area (Å²) in [6.45, 7) is 5.48. The van der Waals surface area contributed by atoms with Crippen molar-refractivity contribution in [1.82, 2.24) is 0 Å². The second-order valence-corrected chi connectivity index (χ2v) is 3.42. The van der Waals surface area contributed by atoms with E-state index >= 15 is 0 Å². The molecule has 1 atom stereocenters. The monoisotopic (exact) mass is 179 g/mol. The Hall–Kier alpha value is -1.15. The molecule has 2 heteroatoms. The van der Waals surface area contributed by atoms with Gasteiger partial charge in [0.2, 0.25) is 0 Å². The number of hydrogen-bond acceptors (Lipinski definition) is 1. The fourth-order valence-corrected chi connectivity index (χ4v) is 1.26. The molecule has 70 valence electrons. The van der Waals surface area contributed by atoms with Crippen molar-refractivity contribution >= 4 is 0 Å². The Kier molecular flexibility index (Phi) is 2.83. The van der Waals surface area contributed by atoms with E-state index in [0.29, 0.717) is 6.42 Å². The van der Waals surface area contributed by atoms with Gasteiger partial charge in [-0.15, -0.1) is 6.58 Å². The maximum absolute atomic E-state index is 12.9. The van der Waals surface area contributed by atoms with Crippen molar-refractivity contribution < 1.29 is 4.39 Å². The van der Waals surface area contributed by atoms with Crippen LogP contribution in [0.25, 0.3) is 0 Å². The molecule has 1 aromatic rings. The van der Waals surface area contributed by atoms with E-state index in [-0.39, 0.29) is 5.82 Å². The first-order valence-corrected chi connectivity index (χ1v) is 4.22. The van der Waals surface area contributed by atoms with Gasteiger partial charge in [-0.2, -0.15) is 0 Å². The molecule has 0 aliphatic heterocycles. The number of nitrogens with two attached hydrogens (primary N) is 1. The maximum atomic E-state index is 12.9. The van der Waals surface area contributed by atoms with Crippen molar-refractivity contribution in [3.05, 3.63) is 48.3 Å².